The maximum absolute atomic E-state index is 13.4. The molecule has 42 heavy (non-hydrogen) atoms. The Kier molecular flexibility index (Phi) is 8.02. The van der Waals surface area contributed by atoms with Gasteiger partial charge in [-0.3, -0.25) is 18.8 Å². The molecule has 1 saturated heterocycles. The number of hydrogen-bond acceptors (Lipinski definition) is 8. The Morgan fingerprint density at radius 1 is 1.05 bits per heavy atom. The van der Waals surface area contributed by atoms with E-state index in [2.05, 4.69) is 32.1 Å². The number of nitrogens with zero attached hydrogens (tertiary/aromatic N) is 7. The van der Waals surface area contributed by atoms with E-state index in [0.29, 0.717) is 42.7 Å². The monoisotopic (exact) mass is 568 g/mol. The summed E-state index contributed by atoms with van der Waals surface area (Å²) in [5, 5.41) is 8.73. The quantitative estimate of drug-likeness (QED) is 0.272. The van der Waals surface area contributed by atoms with Crippen molar-refractivity contribution in [3.05, 3.63) is 78.0 Å². The highest BCUT2D eigenvalue weighted by Gasteiger charge is 2.18. The first kappa shape index (κ1) is 27.7. The Hall–Kier alpha value is -4.48. The molecule has 0 unspecified atom stereocenters. The van der Waals surface area contributed by atoms with Crippen molar-refractivity contribution in [3.63, 3.8) is 0 Å². The summed E-state index contributed by atoms with van der Waals surface area (Å²) in [5.74, 6) is 1.08. The number of anilines is 1. The number of pyridine rings is 2. The van der Waals surface area contributed by atoms with Gasteiger partial charge in [0.2, 0.25) is 5.88 Å². The van der Waals surface area contributed by atoms with Gasteiger partial charge in [0.05, 0.1) is 41.9 Å². The fraction of sp³-hybridized carbons (Fsp3) is 0.355. The summed E-state index contributed by atoms with van der Waals surface area (Å²) < 4.78 is 15.2. The van der Waals surface area contributed by atoms with Crippen LogP contribution in [-0.4, -0.2) is 92.8 Å². The first-order chi connectivity index (χ1) is 20.5. The van der Waals surface area contributed by atoms with Gasteiger partial charge < -0.3 is 19.7 Å². The predicted octanol–water partition coefficient (Wildman–Crippen LogP) is 3.71. The largest absolute Gasteiger partial charge is 0.492 e. The molecule has 6 rings (SSSR count). The minimum Gasteiger partial charge on any atom is -0.492 e. The summed E-state index contributed by atoms with van der Waals surface area (Å²) in [6, 6.07) is 15.3. The van der Waals surface area contributed by atoms with Gasteiger partial charge in [0, 0.05) is 56.4 Å². The average molecular weight is 569 g/mol. The molecule has 0 saturated carbocycles. The zero-order valence-corrected chi connectivity index (χ0v) is 24.3. The van der Waals surface area contributed by atoms with Crippen molar-refractivity contribution in [1.82, 2.24) is 33.9 Å². The van der Waals surface area contributed by atoms with E-state index in [0.717, 1.165) is 60.8 Å². The van der Waals surface area contributed by atoms with Crippen LogP contribution in [0, 0.1) is 6.92 Å². The number of imidazole rings is 1. The third-order valence-corrected chi connectivity index (χ3v) is 7.58. The number of carbonyl (C=O) groups excluding carboxylic acids is 1. The number of piperazine rings is 1. The van der Waals surface area contributed by atoms with Crippen LogP contribution in [0.2, 0.25) is 0 Å². The molecular weight excluding hydrogens is 532 g/mol. The van der Waals surface area contributed by atoms with Crippen LogP contribution in [0.25, 0.3) is 16.6 Å². The summed E-state index contributed by atoms with van der Waals surface area (Å²) in [5.41, 5.74) is 4.35. The van der Waals surface area contributed by atoms with Crippen molar-refractivity contribution in [2.45, 2.75) is 20.4 Å². The Balaban J connectivity index is 1.15. The Morgan fingerprint density at radius 2 is 1.88 bits per heavy atom. The van der Waals surface area contributed by atoms with Gasteiger partial charge >= 0.3 is 0 Å². The number of fused-ring (bicyclic) bond motifs is 2. The average Bonchev–Trinajstić information content (AvgIpc) is 3.55. The highest BCUT2D eigenvalue weighted by molar-refractivity contribution is 6.08. The van der Waals surface area contributed by atoms with Crippen LogP contribution in [0.4, 0.5) is 5.69 Å². The summed E-state index contributed by atoms with van der Waals surface area (Å²) in [6.07, 6.45) is 3.42. The SMILES string of the molecule is CCOc1cccc(Cn2nc(C)c3c(NC(=O)c4cnc5cc(OCCN6CCN(C)CC6)ccn45)cccc32)n1. The Labute approximate surface area is 244 Å². The first-order valence-electron chi connectivity index (χ1n) is 14.4. The van der Waals surface area contributed by atoms with E-state index < -0.39 is 0 Å². The minimum atomic E-state index is -0.253. The number of amides is 1. The third kappa shape index (κ3) is 5.93. The Morgan fingerprint density at radius 3 is 2.71 bits per heavy atom. The number of likely N-dealkylation sites (N-methyl/N-ethyl adjacent to an activating group) is 1. The lowest BCUT2D eigenvalue weighted by Gasteiger charge is -2.32. The highest BCUT2D eigenvalue weighted by Crippen LogP contribution is 2.28. The number of hydrogen-bond donors (Lipinski definition) is 1. The lowest BCUT2D eigenvalue weighted by atomic mass is 10.1. The molecular formula is C31H36N8O3. The van der Waals surface area contributed by atoms with E-state index in [1.165, 1.54) is 0 Å². The standard InChI is InChI=1S/C31H36N8O3/c1-4-41-29-10-5-7-23(33-29)21-39-26-9-6-8-25(30(26)22(2)35-39)34-31(40)27-20-32-28-19-24(11-12-38(27)28)42-18-17-37-15-13-36(3)14-16-37/h5-12,19-20H,4,13-18,21H2,1-3H3,(H,34,40). The van der Waals surface area contributed by atoms with Gasteiger partial charge in [-0.1, -0.05) is 12.1 Å². The summed E-state index contributed by atoms with van der Waals surface area (Å²) in [4.78, 5) is 27.2. The van der Waals surface area contributed by atoms with Crippen LogP contribution in [-0.2, 0) is 6.54 Å². The number of benzene rings is 1. The molecule has 4 aromatic heterocycles. The molecule has 1 aliphatic heterocycles. The molecule has 5 aromatic rings. The molecule has 11 nitrogen and oxygen atoms in total. The topological polar surface area (TPSA) is 102 Å². The van der Waals surface area contributed by atoms with Gasteiger partial charge in [0.1, 0.15) is 23.7 Å². The molecule has 0 atom stereocenters. The number of aromatic nitrogens is 5. The molecule has 1 N–H and O–H groups in total. The molecule has 11 heteroatoms. The molecule has 1 fully saturated rings. The predicted molar refractivity (Wildman–Crippen MR) is 162 cm³/mol. The van der Waals surface area contributed by atoms with E-state index in [1.807, 2.05) is 73.3 Å². The maximum atomic E-state index is 13.4. The van der Waals surface area contributed by atoms with Gasteiger partial charge in [0.15, 0.2) is 0 Å². The Bertz CT molecular complexity index is 1700. The van der Waals surface area contributed by atoms with Crippen molar-refractivity contribution in [1.29, 1.82) is 0 Å². The van der Waals surface area contributed by atoms with E-state index in [1.54, 1.807) is 10.6 Å². The molecule has 0 bridgehead atoms. The number of ether oxygens (including phenoxy) is 2. The number of nitrogens with one attached hydrogen (secondary N) is 1. The third-order valence-electron chi connectivity index (χ3n) is 7.58. The molecule has 0 spiro atoms. The number of carbonyl (C=O) groups is 1. The summed E-state index contributed by atoms with van der Waals surface area (Å²) in [7, 11) is 2.15. The van der Waals surface area contributed by atoms with Crippen LogP contribution in [0.15, 0.2) is 60.9 Å². The lowest BCUT2D eigenvalue weighted by molar-refractivity contribution is 0.102. The second kappa shape index (κ2) is 12.2. The first-order valence-corrected chi connectivity index (χ1v) is 14.4. The number of rotatable bonds is 10. The molecule has 5 heterocycles. The van der Waals surface area contributed by atoms with Crippen LogP contribution in [0.5, 0.6) is 11.6 Å². The van der Waals surface area contributed by atoms with Crippen molar-refractivity contribution >= 4 is 28.1 Å². The van der Waals surface area contributed by atoms with Crippen LogP contribution in [0.1, 0.15) is 28.8 Å². The van der Waals surface area contributed by atoms with Gasteiger partial charge in [-0.15, -0.1) is 0 Å². The van der Waals surface area contributed by atoms with Gasteiger partial charge in [-0.2, -0.15) is 5.10 Å². The fourth-order valence-electron chi connectivity index (χ4n) is 5.34. The summed E-state index contributed by atoms with van der Waals surface area (Å²) in [6.45, 7) is 10.7. The summed E-state index contributed by atoms with van der Waals surface area (Å²) >= 11 is 0. The molecule has 218 valence electrons. The van der Waals surface area contributed by atoms with Crippen LogP contribution >= 0.6 is 0 Å². The van der Waals surface area contributed by atoms with Crippen molar-refractivity contribution < 1.29 is 14.3 Å². The maximum Gasteiger partial charge on any atom is 0.274 e. The van der Waals surface area contributed by atoms with E-state index in [9.17, 15) is 4.79 Å². The fourth-order valence-corrected chi connectivity index (χ4v) is 5.34. The molecule has 0 aliphatic carbocycles. The molecule has 1 aromatic carbocycles. The van der Waals surface area contributed by atoms with Crippen molar-refractivity contribution in [3.8, 4) is 11.6 Å². The molecule has 0 radical (unpaired) electrons. The lowest BCUT2D eigenvalue weighted by Crippen LogP contribution is -2.45. The normalized spacial score (nSPS) is 14.5. The van der Waals surface area contributed by atoms with Crippen LogP contribution in [0.3, 0.4) is 0 Å². The highest BCUT2D eigenvalue weighted by atomic mass is 16.5. The second-order valence-electron chi connectivity index (χ2n) is 10.5. The number of aryl methyl sites for hydroxylation is 1. The smallest absolute Gasteiger partial charge is 0.274 e. The van der Waals surface area contributed by atoms with E-state index in [4.69, 9.17) is 14.6 Å². The molecule has 1 amide bonds. The van der Waals surface area contributed by atoms with Gasteiger partial charge in [-0.25, -0.2) is 9.97 Å². The van der Waals surface area contributed by atoms with Gasteiger partial charge in [-0.05, 0) is 45.2 Å². The van der Waals surface area contributed by atoms with Crippen molar-refractivity contribution in [2.75, 3.05) is 58.3 Å². The van der Waals surface area contributed by atoms with E-state index in [-0.39, 0.29) is 5.91 Å². The van der Waals surface area contributed by atoms with E-state index >= 15 is 0 Å². The zero-order chi connectivity index (χ0) is 29.1. The van der Waals surface area contributed by atoms with Crippen LogP contribution < -0.4 is 14.8 Å². The zero-order valence-electron chi connectivity index (χ0n) is 24.3. The second-order valence-corrected chi connectivity index (χ2v) is 10.5. The molecule has 1 aliphatic rings. The van der Waals surface area contributed by atoms with Gasteiger partial charge in [0.25, 0.3) is 5.91 Å². The van der Waals surface area contributed by atoms with Crippen molar-refractivity contribution in [2.24, 2.45) is 0 Å². The minimum absolute atomic E-state index is 0.253.